The highest BCUT2D eigenvalue weighted by Crippen LogP contribution is 2.53. The zero-order valence-corrected chi connectivity index (χ0v) is 24.3. The maximum Gasteiger partial charge on any atom is 0.264 e. The van der Waals surface area contributed by atoms with Crippen molar-refractivity contribution in [2.24, 2.45) is 5.92 Å². The van der Waals surface area contributed by atoms with E-state index in [2.05, 4.69) is 14.8 Å². The monoisotopic (exact) mass is 619 g/mol. The van der Waals surface area contributed by atoms with Crippen LogP contribution in [0.15, 0.2) is 47.0 Å². The van der Waals surface area contributed by atoms with Crippen molar-refractivity contribution in [2.75, 3.05) is 11.4 Å². The van der Waals surface area contributed by atoms with Crippen LogP contribution in [0.5, 0.6) is 0 Å². The van der Waals surface area contributed by atoms with Gasteiger partial charge in [0.25, 0.3) is 5.91 Å². The van der Waals surface area contributed by atoms with Gasteiger partial charge in [-0.3, -0.25) is 4.79 Å². The van der Waals surface area contributed by atoms with Gasteiger partial charge < -0.3 is 14.2 Å². The average molecular weight is 621 g/mol. The number of halogens is 3. The quantitative estimate of drug-likeness (QED) is 0.313. The van der Waals surface area contributed by atoms with Crippen LogP contribution in [0.3, 0.4) is 0 Å². The fraction of sp³-hybridized carbons (Fsp3) is 0.448. The molecule has 4 aliphatic rings. The smallest absolute Gasteiger partial charge is 0.264 e. The molecule has 1 aromatic heterocycles. The number of rotatable bonds is 9. The minimum atomic E-state index is -3.59. The Morgan fingerprint density at radius 2 is 1.83 bits per heavy atom. The minimum absolute atomic E-state index is 0.0130. The van der Waals surface area contributed by atoms with Gasteiger partial charge >= 0.3 is 0 Å². The summed E-state index contributed by atoms with van der Waals surface area (Å²) in [6.45, 7) is 0.923. The molecule has 1 N–H and O–H groups in total. The molecule has 12 heteroatoms. The first-order valence-corrected chi connectivity index (χ1v) is 16.1. The number of nitrogens with zero attached hydrogens (tertiary/aromatic N) is 2. The van der Waals surface area contributed by atoms with Crippen LogP contribution in [0.25, 0.3) is 11.3 Å². The van der Waals surface area contributed by atoms with Crippen molar-refractivity contribution in [1.29, 1.82) is 0 Å². The molecule has 1 aliphatic heterocycles. The van der Waals surface area contributed by atoms with Crippen LogP contribution in [0.4, 0.5) is 10.1 Å². The van der Waals surface area contributed by atoms with Crippen molar-refractivity contribution in [3.63, 3.8) is 0 Å². The molecule has 2 heterocycles. The molecule has 3 aliphatic carbocycles. The van der Waals surface area contributed by atoms with Crippen LogP contribution in [0, 0.1) is 5.92 Å². The van der Waals surface area contributed by atoms with Gasteiger partial charge in [-0.15, -0.1) is 0 Å². The second-order valence-electron chi connectivity index (χ2n) is 11.5. The molecule has 3 saturated carbocycles. The van der Waals surface area contributed by atoms with Crippen molar-refractivity contribution in [1.82, 2.24) is 9.88 Å². The zero-order chi connectivity index (χ0) is 28.5. The van der Waals surface area contributed by atoms with Crippen LogP contribution in [0.1, 0.15) is 60.2 Å². The summed E-state index contributed by atoms with van der Waals surface area (Å²) in [5.74, 6) is -0.128. The Hall–Kier alpha value is -2.66. The first kappa shape index (κ1) is 27.2. The number of piperidine rings is 1. The number of amides is 1. The Morgan fingerprint density at radius 1 is 1.12 bits per heavy atom. The van der Waals surface area contributed by atoms with Crippen molar-refractivity contribution >= 4 is 44.8 Å². The Balaban J connectivity index is 1.02. The summed E-state index contributed by atoms with van der Waals surface area (Å²) in [6, 6.07) is 12.5. The number of ether oxygens (including phenoxy) is 1. The Morgan fingerprint density at radius 3 is 2.44 bits per heavy atom. The molecule has 0 spiro atoms. The topological polar surface area (TPSA) is 102 Å². The summed E-state index contributed by atoms with van der Waals surface area (Å²) < 4.78 is 53.5. The number of carbonyl (C=O) groups is 1. The number of sulfonamides is 1. The predicted octanol–water partition coefficient (Wildman–Crippen LogP) is 6.01. The van der Waals surface area contributed by atoms with Gasteiger partial charge in [0.15, 0.2) is 11.4 Å². The molecule has 2 aromatic carbocycles. The summed E-state index contributed by atoms with van der Waals surface area (Å²) in [5.41, 5.74) is 1.23. The van der Waals surface area contributed by atoms with E-state index < -0.39 is 26.8 Å². The van der Waals surface area contributed by atoms with Crippen molar-refractivity contribution in [3.05, 3.63) is 69.4 Å². The molecule has 4 fully saturated rings. The fourth-order valence-corrected chi connectivity index (χ4v) is 8.00. The molecule has 8 nitrogen and oxygen atoms in total. The SMILES string of the molecule is O=C(NS(=O)(=O)C1CC1)c1ccc(N2C[C@@H]3C[C@H]2C[C@H]3OCc2c(-c3c(Cl)cccc3Cl)noc2C2(F)CC2)cc1. The largest absolute Gasteiger partial charge is 0.373 e. The Labute approximate surface area is 247 Å². The van der Waals surface area contributed by atoms with Gasteiger partial charge in [0.05, 0.1) is 33.6 Å². The summed E-state index contributed by atoms with van der Waals surface area (Å²) in [7, 11) is -3.59. The van der Waals surface area contributed by atoms with Gasteiger partial charge in [0.2, 0.25) is 10.0 Å². The highest BCUT2D eigenvalue weighted by Gasteiger charge is 2.52. The number of hydrogen-bond donors (Lipinski definition) is 1. The maximum atomic E-state index is 15.2. The second-order valence-corrected chi connectivity index (χ2v) is 14.3. The third-order valence-corrected chi connectivity index (χ3v) is 11.1. The number of benzene rings is 2. The van der Waals surface area contributed by atoms with E-state index >= 15 is 4.39 Å². The molecular formula is C29H28Cl2FN3O5S. The van der Waals surface area contributed by atoms with Crippen LogP contribution >= 0.6 is 23.2 Å². The van der Waals surface area contributed by atoms with Gasteiger partial charge in [-0.2, -0.15) is 0 Å². The van der Waals surface area contributed by atoms with Gasteiger partial charge in [-0.25, -0.2) is 17.5 Å². The average Bonchev–Trinajstić information content (AvgIpc) is 3.81. The number of hydrogen-bond acceptors (Lipinski definition) is 7. The van der Waals surface area contributed by atoms with E-state index in [1.165, 1.54) is 0 Å². The standard InChI is InChI=1S/C29H28Cl2FN3O5S/c30-22-2-1-3-23(31)25(22)26-21(27(40-33-26)29(32)10-11-29)15-39-24-13-19-12-17(24)14-35(19)18-6-4-16(5-7-18)28(36)34-41(37,38)20-8-9-20/h1-7,17,19-20,24H,8-15H2,(H,34,36)/t17-,19-,24+/m0/s1. The third kappa shape index (κ3) is 5.02. The van der Waals surface area contributed by atoms with Crippen LogP contribution < -0.4 is 9.62 Å². The number of nitrogens with one attached hydrogen (secondary N) is 1. The Kier molecular flexibility index (Phi) is 6.61. The number of fused-ring (bicyclic) bond motifs is 2. The number of carbonyl (C=O) groups excluding carboxylic acids is 1. The summed E-state index contributed by atoms with van der Waals surface area (Å²) in [6.07, 6.45) is 3.70. The van der Waals surface area contributed by atoms with E-state index in [0.717, 1.165) is 25.1 Å². The van der Waals surface area contributed by atoms with Crippen LogP contribution in [-0.2, 0) is 27.0 Å². The van der Waals surface area contributed by atoms with Gasteiger partial charge in [-0.1, -0.05) is 34.4 Å². The first-order valence-electron chi connectivity index (χ1n) is 13.8. The van der Waals surface area contributed by atoms with E-state index in [1.54, 1.807) is 30.3 Å². The summed E-state index contributed by atoms with van der Waals surface area (Å²) in [4.78, 5) is 14.7. The molecule has 0 unspecified atom stereocenters. The van der Waals surface area contributed by atoms with Gasteiger partial charge in [0.1, 0.15) is 5.69 Å². The molecule has 216 valence electrons. The van der Waals surface area contributed by atoms with E-state index in [0.29, 0.717) is 58.1 Å². The molecule has 1 saturated heterocycles. The van der Waals surface area contributed by atoms with Crippen LogP contribution in [-0.4, -0.2) is 43.4 Å². The highest BCUT2D eigenvalue weighted by atomic mass is 35.5. The Bertz CT molecular complexity index is 1600. The van der Waals surface area contributed by atoms with E-state index in [9.17, 15) is 13.2 Å². The first-order chi connectivity index (χ1) is 19.6. The van der Waals surface area contributed by atoms with Gasteiger partial charge in [0, 0.05) is 35.3 Å². The lowest BCUT2D eigenvalue weighted by Gasteiger charge is -2.33. The lowest BCUT2D eigenvalue weighted by atomic mass is 10.0. The lowest BCUT2D eigenvalue weighted by molar-refractivity contribution is 0.0114. The fourth-order valence-electron chi connectivity index (χ4n) is 6.12. The van der Waals surface area contributed by atoms with Gasteiger partial charge in [-0.05, 0) is 74.9 Å². The van der Waals surface area contributed by atoms with Crippen molar-refractivity contribution in [2.45, 2.75) is 68.2 Å². The zero-order valence-electron chi connectivity index (χ0n) is 22.0. The molecule has 3 aromatic rings. The highest BCUT2D eigenvalue weighted by molar-refractivity contribution is 7.91. The normalized spacial score (nSPS) is 24.6. The minimum Gasteiger partial charge on any atom is -0.373 e. The second kappa shape index (κ2) is 9.97. The summed E-state index contributed by atoms with van der Waals surface area (Å²) >= 11 is 12.9. The molecule has 1 amide bonds. The molecule has 7 rings (SSSR count). The van der Waals surface area contributed by atoms with E-state index in [4.69, 9.17) is 32.5 Å². The summed E-state index contributed by atoms with van der Waals surface area (Å²) in [5, 5.41) is 4.54. The molecule has 0 radical (unpaired) electrons. The number of alkyl halides is 1. The van der Waals surface area contributed by atoms with E-state index in [-0.39, 0.29) is 30.4 Å². The molecule has 2 bridgehead atoms. The molecule has 3 atom stereocenters. The van der Waals surface area contributed by atoms with E-state index in [1.807, 2.05) is 12.1 Å². The number of anilines is 1. The number of aromatic nitrogens is 1. The predicted molar refractivity (Wildman–Crippen MR) is 152 cm³/mol. The maximum absolute atomic E-state index is 15.2. The van der Waals surface area contributed by atoms with Crippen LogP contribution in [0.2, 0.25) is 10.0 Å². The molecular weight excluding hydrogens is 592 g/mol. The molecule has 41 heavy (non-hydrogen) atoms. The van der Waals surface area contributed by atoms with Crippen molar-refractivity contribution in [3.8, 4) is 11.3 Å². The lowest BCUT2D eigenvalue weighted by Crippen LogP contribution is -2.38. The third-order valence-electron chi connectivity index (χ3n) is 8.66. The van der Waals surface area contributed by atoms with Crippen molar-refractivity contribution < 1.29 is 26.9 Å².